The first-order valence-electron chi connectivity index (χ1n) is 9.91. The van der Waals surface area contributed by atoms with E-state index < -0.39 is 0 Å². The van der Waals surface area contributed by atoms with Crippen LogP contribution in [-0.4, -0.2) is 31.9 Å². The zero-order valence-electron chi connectivity index (χ0n) is 16.2. The van der Waals surface area contributed by atoms with E-state index in [0.717, 1.165) is 48.5 Å². The number of rotatable bonds is 6. The van der Waals surface area contributed by atoms with Crippen LogP contribution in [0.1, 0.15) is 43.9 Å². The summed E-state index contributed by atoms with van der Waals surface area (Å²) in [5, 5.41) is 12.4. The molecule has 1 aromatic heterocycles. The van der Waals surface area contributed by atoms with Crippen LogP contribution < -0.4 is 4.74 Å². The molecule has 0 amide bonds. The highest BCUT2D eigenvalue weighted by molar-refractivity contribution is 5.60. The van der Waals surface area contributed by atoms with Gasteiger partial charge in [0.15, 0.2) is 5.82 Å². The normalized spacial score (nSPS) is 21.5. The van der Waals surface area contributed by atoms with Crippen LogP contribution in [0.3, 0.4) is 0 Å². The van der Waals surface area contributed by atoms with E-state index in [0.29, 0.717) is 0 Å². The molecule has 0 radical (unpaired) electrons. The first-order valence-corrected chi connectivity index (χ1v) is 9.91. The molecule has 0 saturated carbocycles. The van der Waals surface area contributed by atoms with Gasteiger partial charge in [-0.3, -0.25) is 0 Å². The van der Waals surface area contributed by atoms with Gasteiger partial charge in [0.1, 0.15) is 23.6 Å². The Labute approximate surface area is 164 Å². The minimum Gasteiger partial charge on any atom is -0.485 e. The molecule has 3 heterocycles. The van der Waals surface area contributed by atoms with Crippen LogP contribution in [0.5, 0.6) is 5.75 Å². The lowest BCUT2D eigenvalue weighted by molar-refractivity contribution is 0.0725. The summed E-state index contributed by atoms with van der Waals surface area (Å²) in [6.45, 7) is 4.95. The number of nitrogens with zero attached hydrogens (tertiary/aromatic N) is 4. The minimum absolute atomic E-state index is 0.119. The van der Waals surface area contributed by atoms with Crippen LogP contribution in [0.15, 0.2) is 48.5 Å². The second-order valence-corrected chi connectivity index (χ2v) is 8.10. The molecule has 0 N–H and O–H groups in total. The third-order valence-corrected chi connectivity index (χ3v) is 5.58. The number of epoxide rings is 1. The molecule has 1 saturated heterocycles. The molecule has 0 bridgehead atoms. The van der Waals surface area contributed by atoms with Crippen molar-refractivity contribution in [3.05, 3.63) is 59.7 Å². The Hall–Kier alpha value is -2.73. The molecule has 0 spiro atoms. The van der Waals surface area contributed by atoms with Gasteiger partial charge in [-0.1, -0.05) is 30.3 Å². The van der Waals surface area contributed by atoms with Gasteiger partial charge >= 0.3 is 0 Å². The predicted octanol–water partition coefficient (Wildman–Crippen LogP) is 3.97. The van der Waals surface area contributed by atoms with Crippen LogP contribution >= 0.6 is 0 Å². The molecule has 2 atom stereocenters. The maximum atomic E-state index is 6.11. The van der Waals surface area contributed by atoms with Gasteiger partial charge in [0, 0.05) is 17.7 Å². The molecule has 0 unspecified atom stereocenters. The third kappa shape index (κ3) is 3.18. The zero-order chi connectivity index (χ0) is 19.1. The summed E-state index contributed by atoms with van der Waals surface area (Å²) in [6, 6.07) is 16.7. The summed E-state index contributed by atoms with van der Waals surface area (Å²) in [7, 11) is 0. The maximum Gasteiger partial charge on any atom is 0.182 e. The molecule has 3 aromatic rings. The second-order valence-electron chi connectivity index (χ2n) is 8.10. The summed E-state index contributed by atoms with van der Waals surface area (Å²) < 4.78 is 13.9. The Morgan fingerprint density at radius 2 is 1.93 bits per heavy atom. The molecule has 1 fully saturated rings. The van der Waals surface area contributed by atoms with Crippen molar-refractivity contribution in [2.75, 3.05) is 0 Å². The number of hydrogen-bond donors (Lipinski definition) is 0. The molecule has 144 valence electrons. The second kappa shape index (κ2) is 6.71. The molecule has 2 aromatic carbocycles. The van der Waals surface area contributed by atoms with Crippen LogP contribution in [0.25, 0.3) is 11.4 Å². The SMILES string of the molecule is CC1(C)Oc2ccc(-c3nnnn3CCCCc3ccccc3)cc2[C@@H]2O[C@@H]21. The number of tetrazole rings is 1. The Bertz CT molecular complexity index is 983. The average Bonchev–Trinajstić information content (AvgIpc) is 3.39. The number of unbranched alkanes of at least 4 members (excludes halogenated alkanes) is 1. The fourth-order valence-corrected chi connectivity index (χ4v) is 4.02. The van der Waals surface area contributed by atoms with E-state index in [-0.39, 0.29) is 17.8 Å². The molecule has 5 rings (SSSR count). The molecule has 0 aliphatic carbocycles. The van der Waals surface area contributed by atoms with Crippen LogP contribution in [0, 0.1) is 0 Å². The first-order chi connectivity index (χ1) is 13.6. The van der Waals surface area contributed by atoms with E-state index in [4.69, 9.17) is 9.47 Å². The third-order valence-electron chi connectivity index (χ3n) is 5.58. The molecular formula is C22H24N4O2. The standard InChI is InChI=1S/C22H24N4O2/c1-22(2)20-19(27-20)17-14-16(11-12-18(17)28-22)21-23-24-25-26(21)13-7-6-10-15-8-4-3-5-9-15/h3-5,8-9,11-12,14,19-20H,6-7,10,13H2,1-2H3/t19-,20-/m0/s1. The highest BCUT2D eigenvalue weighted by Gasteiger charge is 2.56. The smallest absolute Gasteiger partial charge is 0.182 e. The van der Waals surface area contributed by atoms with Gasteiger partial charge in [-0.15, -0.1) is 5.10 Å². The van der Waals surface area contributed by atoms with Crippen molar-refractivity contribution in [1.82, 2.24) is 20.2 Å². The quantitative estimate of drug-likeness (QED) is 0.481. The van der Waals surface area contributed by atoms with E-state index in [1.165, 1.54) is 5.56 Å². The fourth-order valence-electron chi connectivity index (χ4n) is 4.02. The van der Waals surface area contributed by atoms with Crippen molar-refractivity contribution in [3.8, 4) is 17.1 Å². The maximum absolute atomic E-state index is 6.11. The van der Waals surface area contributed by atoms with Crippen molar-refractivity contribution < 1.29 is 9.47 Å². The summed E-state index contributed by atoms with van der Waals surface area (Å²) >= 11 is 0. The van der Waals surface area contributed by atoms with E-state index in [1.54, 1.807) is 0 Å². The topological polar surface area (TPSA) is 65.4 Å². The Balaban J connectivity index is 1.28. The Morgan fingerprint density at radius 3 is 2.79 bits per heavy atom. The lowest BCUT2D eigenvalue weighted by Crippen LogP contribution is -2.37. The number of fused-ring (bicyclic) bond motifs is 3. The molecule has 6 nitrogen and oxygen atoms in total. The van der Waals surface area contributed by atoms with Crippen molar-refractivity contribution in [2.24, 2.45) is 0 Å². The van der Waals surface area contributed by atoms with Gasteiger partial charge in [0.25, 0.3) is 0 Å². The number of aromatic nitrogens is 4. The summed E-state index contributed by atoms with van der Waals surface area (Å²) in [5.74, 6) is 1.69. The van der Waals surface area contributed by atoms with Crippen molar-refractivity contribution >= 4 is 0 Å². The van der Waals surface area contributed by atoms with Crippen molar-refractivity contribution in [1.29, 1.82) is 0 Å². The lowest BCUT2D eigenvalue weighted by Gasteiger charge is -2.29. The van der Waals surface area contributed by atoms with Crippen LogP contribution in [0.4, 0.5) is 0 Å². The summed E-state index contributed by atoms with van der Waals surface area (Å²) in [6.07, 6.45) is 3.46. The van der Waals surface area contributed by atoms with Crippen LogP contribution in [-0.2, 0) is 17.7 Å². The number of hydrogen-bond acceptors (Lipinski definition) is 5. The van der Waals surface area contributed by atoms with Crippen molar-refractivity contribution in [3.63, 3.8) is 0 Å². The number of aryl methyl sites for hydroxylation is 2. The molecule has 28 heavy (non-hydrogen) atoms. The van der Waals surface area contributed by atoms with Crippen LogP contribution in [0.2, 0.25) is 0 Å². The van der Waals surface area contributed by atoms with E-state index in [2.05, 4.69) is 65.8 Å². The minimum atomic E-state index is -0.278. The van der Waals surface area contributed by atoms with E-state index in [1.807, 2.05) is 16.8 Å². The van der Waals surface area contributed by atoms with Gasteiger partial charge in [-0.05, 0) is 67.3 Å². The number of benzene rings is 2. The van der Waals surface area contributed by atoms with Crippen molar-refractivity contribution in [2.45, 2.75) is 57.5 Å². The highest BCUT2D eigenvalue weighted by Crippen LogP contribution is 2.54. The highest BCUT2D eigenvalue weighted by atomic mass is 16.6. The van der Waals surface area contributed by atoms with Gasteiger partial charge in [-0.2, -0.15) is 0 Å². The van der Waals surface area contributed by atoms with Gasteiger partial charge in [0.05, 0.1) is 0 Å². The number of ether oxygens (including phenoxy) is 2. The monoisotopic (exact) mass is 376 g/mol. The average molecular weight is 376 g/mol. The Kier molecular flexibility index (Phi) is 4.16. The Morgan fingerprint density at radius 1 is 1.07 bits per heavy atom. The summed E-state index contributed by atoms with van der Waals surface area (Å²) in [5.41, 5.74) is 3.19. The van der Waals surface area contributed by atoms with E-state index >= 15 is 0 Å². The fraction of sp³-hybridized carbons (Fsp3) is 0.409. The van der Waals surface area contributed by atoms with Gasteiger partial charge in [0.2, 0.25) is 0 Å². The predicted molar refractivity (Wildman–Crippen MR) is 105 cm³/mol. The molecule has 2 aliphatic rings. The van der Waals surface area contributed by atoms with E-state index in [9.17, 15) is 0 Å². The molecular weight excluding hydrogens is 352 g/mol. The van der Waals surface area contributed by atoms with Gasteiger partial charge < -0.3 is 9.47 Å². The lowest BCUT2D eigenvalue weighted by atomic mass is 9.93. The summed E-state index contributed by atoms with van der Waals surface area (Å²) in [4.78, 5) is 0. The zero-order valence-corrected chi connectivity index (χ0v) is 16.2. The molecule has 2 aliphatic heterocycles. The first kappa shape index (κ1) is 17.4. The largest absolute Gasteiger partial charge is 0.485 e. The van der Waals surface area contributed by atoms with Gasteiger partial charge in [-0.25, -0.2) is 4.68 Å². The molecule has 6 heteroatoms.